The van der Waals surface area contributed by atoms with Crippen LogP contribution in [0.2, 0.25) is 0 Å². The van der Waals surface area contributed by atoms with Gasteiger partial charge in [-0.15, -0.1) is 22.7 Å². The highest BCUT2D eigenvalue weighted by atomic mass is 127. The zero-order valence-corrected chi connectivity index (χ0v) is 22.8. The zero-order chi connectivity index (χ0) is 22.7. The Hall–Kier alpha value is -1.46. The maximum atomic E-state index is 13.4. The molecule has 0 aliphatic carbocycles. The summed E-state index contributed by atoms with van der Waals surface area (Å²) in [5.74, 6) is 0.741. The van der Waals surface area contributed by atoms with E-state index in [4.69, 9.17) is 9.47 Å². The first kappa shape index (κ1) is 25.6. The van der Waals surface area contributed by atoms with Crippen LogP contribution in [0.15, 0.2) is 65.4 Å². The van der Waals surface area contributed by atoms with Gasteiger partial charge in [-0.2, -0.15) is 0 Å². The van der Waals surface area contributed by atoms with Gasteiger partial charge in [0.25, 0.3) is 0 Å². The van der Waals surface area contributed by atoms with E-state index in [-0.39, 0.29) is 30.1 Å². The second-order valence-corrected chi connectivity index (χ2v) is 11.1. The molecule has 6 rings (SSSR count). The molecule has 1 aromatic carbocycles. The van der Waals surface area contributed by atoms with Gasteiger partial charge >= 0.3 is 5.97 Å². The number of esters is 1. The number of nitrogens with zero attached hydrogens (tertiary/aromatic N) is 1. The molecule has 0 spiro atoms. The first-order valence-electron chi connectivity index (χ1n) is 11.6. The fraction of sp³-hybridized carbons (Fsp3) is 0.423. The molecule has 2 bridgehead atoms. The average Bonchev–Trinajstić information content (AvgIpc) is 3.58. The van der Waals surface area contributed by atoms with Crippen molar-refractivity contribution in [2.45, 2.75) is 31.0 Å². The molecule has 5 nitrogen and oxygen atoms in total. The van der Waals surface area contributed by atoms with Crippen molar-refractivity contribution < 1.29 is 47.8 Å². The summed E-state index contributed by atoms with van der Waals surface area (Å²) in [5, 5.41) is 15.3. The number of hydrogen-bond acceptors (Lipinski definition) is 6. The highest BCUT2D eigenvalue weighted by molar-refractivity contribution is 7.12. The Balaban J connectivity index is 0.00000274. The van der Waals surface area contributed by atoms with E-state index in [1.807, 2.05) is 65.4 Å². The topological polar surface area (TPSA) is 55.8 Å². The number of piperidine rings is 3. The maximum absolute atomic E-state index is 13.4. The molecule has 1 unspecified atom stereocenters. The normalized spacial score (nSPS) is 23.8. The molecule has 1 N–H and O–H groups in total. The van der Waals surface area contributed by atoms with Crippen molar-refractivity contribution in [3.8, 4) is 5.75 Å². The SMILES string of the molecule is O=C(OC1C[N+]2(CCCOc3ccccc3)CCC1CC2)C(O)(c1cccs1)c1cccs1.[I-]. The zero-order valence-electron chi connectivity index (χ0n) is 19.0. The van der Waals surface area contributed by atoms with Crippen molar-refractivity contribution >= 4 is 28.6 Å². The molecule has 3 fully saturated rings. The second kappa shape index (κ2) is 11.1. The molecule has 8 heteroatoms. The number of quaternary nitrogens is 1. The van der Waals surface area contributed by atoms with Crippen LogP contribution in [0.25, 0.3) is 0 Å². The number of fused-ring (bicyclic) bond motifs is 3. The Labute approximate surface area is 225 Å². The molecule has 3 aliphatic heterocycles. The molecule has 2 aromatic heterocycles. The minimum Gasteiger partial charge on any atom is -1.00 e. The molecule has 5 heterocycles. The van der Waals surface area contributed by atoms with Crippen LogP contribution in [-0.2, 0) is 15.1 Å². The van der Waals surface area contributed by atoms with Crippen molar-refractivity contribution in [2.75, 3.05) is 32.8 Å². The lowest BCUT2D eigenvalue weighted by molar-refractivity contribution is -0.946. The Morgan fingerprint density at radius 1 is 1.00 bits per heavy atom. The standard InChI is InChI=1S/C26H30NO4S2.HI/c28-25(26(29,23-9-4-17-32-23)24-10-5-18-33-24)31-22-19-27(14-11-20(22)12-15-27)13-6-16-30-21-7-2-1-3-8-21;/h1-5,7-10,17-18,20,22,29H,6,11-16,19H2;1H/q+1;/p-1. The van der Waals surface area contributed by atoms with E-state index >= 15 is 0 Å². The minimum absolute atomic E-state index is 0. The van der Waals surface area contributed by atoms with Crippen LogP contribution in [0.1, 0.15) is 29.0 Å². The number of halogens is 1. The van der Waals surface area contributed by atoms with Gasteiger partial charge in [0.2, 0.25) is 5.60 Å². The molecule has 1 atom stereocenters. The van der Waals surface area contributed by atoms with Crippen LogP contribution in [0.5, 0.6) is 5.75 Å². The van der Waals surface area contributed by atoms with E-state index < -0.39 is 11.6 Å². The molecule has 0 saturated carbocycles. The third-order valence-corrected chi connectivity index (χ3v) is 9.10. The lowest BCUT2D eigenvalue weighted by Gasteiger charge is -2.52. The number of carbonyl (C=O) groups is 1. The first-order valence-corrected chi connectivity index (χ1v) is 13.4. The fourth-order valence-corrected chi connectivity index (χ4v) is 7.00. The number of aliphatic hydroxyl groups is 1. The average molecular weight is 612 g/mol. The molecular weight excluding hydrogens is 581 g/mol. The van der Waals surface area contributed by atoms with Crippen molar-refractivity contribution in [2.24, 2.45) is 5.92 Å². The summed E-state index contributed by atoms with van der Waals surface area (Å²) in [5.41, 5.74) is -1.73. The molecular formula is C26H30INO4S2. The van der Waals surface area contributed by atoms with Crippen molar-refractivity contribution in [1.29, 1.82) is 0 Å². The predicted octanol–water partition coefficient (Wildman–Crippen LogP) is 1.67. The van der Waals surface area contributed by atoms with Crippen molar-refractivity contribution in [3.05, 3.63) is 75.1 Å². The molecule has 3 aliphatic rings. The van der Waals surface area contributed by atoms with Gasteiger partial charge in [-0.05, 0) is 35.0 Å². The van der Waals surface area contributed by atoms with Gasteiger partial charge in [-0.1, -0.05) is 30.3 Å². The summed E-state index contributed by atoms with van der Waals surface area (Å²) >= 11 is 2.77. The number of benzene rings is 1. The maximum Gasteiger partial charge on any atom is 0.349 e. The second-order valence-electron chi connectivity index (χ2n) is 9.16. The molecule has 3 aromatic rings. The summed E-state index contributed by atoms with van der Waals surface area (Å²) in [6, 6.07) is 17.3. The lowest BCUT2D eigenvalue weighted by atomic mass is 9.83. The Morgan fingerprint density at radius 2 is 1.65 bits per heavy atom. The highest BCUT2D eigenvalue weighted by Gasteiger charge is 2.51. The van der Waals surface area contributed by atoms with Crippen LogP contribution in [0.4, 0.5) is 0 Å². The van der Waals surface area contributed by atoms with E-state index in [9.17, 15) is 9.90 Å². The van der Waals surface area contributed by atoms with Crippen LogP contribution >= 0.6 is 22.7 Å². The summed E-state index contributed by atoms with van der Waals surface area (Å²) in [4.78, 5) is 14.7. The smallest absolute Gasteiger partial charge is 0.349 e. The number of para-hydroxylation sites is 1. The van der Waals surface area contributed by atoms with Gasteiger partial charge < -0.3 is 43.0 Å². The van der Waals surface area contributed by atoms with Crippen LogP contribution in [0.3, 0.4) is 0 Å². The molecule has 34 heavy (non-hydrogen) atoms. The third kappa shape index (κ3) is 5.21. The summed E-state index contributed by atoms with van der Waals surface area (Å²) < 4.78 is 13.0. The van der Waals surface area contributed by atoms with Crippen molar-refractivity contribution in [1.82, 2.24) is 0 Å². The van der Waals surface area contributed by atoms with Crippen LogP contribution in [0, 0.1) is 5.92 Å². The van der Waals surface area contributed by atoms with E-state index in [0.717, 1.165) is 55.7 Å². The van der Waals surface area contributed by atoms with Crippen molar-refractivity contribution in [3.63, 3.8) is 0 Å². The molecule has 182 valence electrons. The molecule has 3 saturated heterocycles. The number of hydrogen-bond donors (Lipinski definition) is 1. The number of rotatable bonds is 9. The van der Waals surface area contributed by atoms with Crippen LogP contribution < -0.4 is 28.7 Å². The molecule has 0 amide bonds. The first-order chi connectivity index (χ1) is 16.1. The van der Waals surface area contributed by atoms with E-state index in [0.29, 0.717) is 22.3 Å². The quantitative estimate of drug-likeness (QED) is 0.173. The summed E-state index contributed by atoms with van der Waals surface area (Å²) in [7, 11) is 0. The number of carbonyl (C=O) groups excluding carboxylic acids is 1. The van der Waals surface area contributed by atoms with E-state index in [1.54, 1.807) is 0 Å². The van der Waals surface area contributed by atoms with Gasteiger partial charge in [0.15, 0.2) is 6.10 Å². The fourth-order valence-electron chi connectivity index (χ4n) is 5.29. The van der Waals surface area contributed by atoms with Gasteiger partial charge in [-0.25, -0.2) is 4.79 Å². The van der Waals surface area contributed by atoms with E-state index in [1.165, 1.54) is 22.7 Å². The van der Waals surface area contributed by atoms with Gasteiger partial charge in [-0.3, -0.25) is 0 Å². The van der Waals surface area contributed by atoms with Gasteiger partial charge in [0.1, 0.15) is 12.3 Å². The Kier molecular flexibility index (Phi) is 8.35. The van der Waals surface area contributed by atoms with E-state index in [2.05, 4.69) is 0 Å². The van der Waals surface area contributed by atoms with Gasteiger partial charge in [0.05, 0.1) is 36.0 Å². The highest BCUT2D eigenvalue weighted by Crippen LogP contribution is 2.40. The number of ether oxygens (including phenoxy) is 2. The van der Waals surface area contributed by atoms with Crippen LogP contribution in [-0.4, -0.2) is 54.4 Å². The summed E-state index contributed by atoms with van der Waals surface area (Å²) in [6.07, 6.45) is 2.94. The predicted molar refractivity (Wildman–Crippen MR) is 131 cm³/mol. The number of thiophene rings is 2. The van der Waals surface area contributed by atoms with Gasteiger partial charge in [0, 0.05) is 25.2 Å². The Bertz CT molecular complexity index is 1000. The summed E-state index contributed by atoms with van der Waals surface area (Å²) in [6.45, 7) is 4.79. The molecule has 0 radical (unpaired) electrons. The minimum atomic E-state index is -1.73. The lowest BCUT2D eigenvalue weighted by Crippen LogP contribution is -3.00. The largest absolute Gasteiger partial charge is 1.00 e. The monoisotopic (exact) mass is 611 g/mol. The Morgan fingerprint density at radius 3 is 2.24 bits per heavy atom. The third-order valence-electron chi connectivity index (χ3n) is 7.14.